The number of carbonyl (C=O) groups is 1. The van der Waals surface area contributed by atoms with Gasteiger partial charge in [-0.2, -0.15) is 0 Å². The van der Waals surface area contributed by atoms with Crippen LogP contribution in [0.5, 0.6) is 5.75 Å². The van der Waals surface area contributed by atoms with Gasteiger partial charge in [-0.25, -0.2) is 13.6 Å². The van der Waals surface area contributed by atoms with E-state index in [1.165, 1.54) is 25.3 Å². The Kier molecular flexibility index (Phi) is 6.17. The summed E-state index contributed by atoms with van der Waals surface area (Å²) in [5.74, 6) is 0.0446. The zero-order valence-electron chi connectivity index (χ0n) is 12.6. The molecule has 0 saturated carbocycles. The summed E-state index contributed by atoms with van der Waals surface area (Å²) in [7, 11) is -0.745. The van der Waals surface area contributed by atoms with Crippen molar-refractivity contribution in [1.82, 2.24) is 4.90 Å². The first-order chi connectivity index (χ1) is 9.81. The van der Waals surface area contributed by atoms with Gasteiger partial charge in [0.2, 0.25) is 10.0 Å². The quantitative estimate of drug-likeness (QED) is 0.774. The van der Waals surface area contributed by atoms with Gasteiger partial charge < -0.3 is 9.64 Å². The largest absolute Gasteiger partial charge is 0.496 e. The van der Waals surface area contributed by atoms with E-state index in [1.807, 2.05) is 0 Å². The molecule has 0 heterocycles. The van der Waals surface area contributed by atoms with E-state index in [9.17, 15) is 13.2 Å². The SMILES string of the molecule is CCCCCN(C)C(=O)c1cc(S(N)(=O)=O)ccc1OC. The van der Waals surface area contributed by atoms with Crippen LogP contribution in [0.3, 0.4) is 0 Å². The number of carbonyl (C=O) groups excluding carboxylic acids is 1. The summed E-state index contributed by atoms with van der Waals surface area (Å²) < 4.78 is 27.9. The van der Waals surface area contributed by atoms with Crippen molar-refractivity contribution in [2.45, 2.75) is 31.1 Å². The number of hydrogen-bond acceptors (Lipinski definition) is 4. The molecule has 0 spiro atoms. The number of unbranched alkanes of at least 4 members (excludes halogenated alkanes) is 2. The van der Waals surface area contributed by atoms with Crippen molar-refractivity contribution in [1.29, 1.82) is 0 Å². The lowest BCUT2D eigenvalue weighted by atomic mass is 10.1. The Labute approximate surface area is 125 Å². The predicted octanol–water partition coefficient (Wildman–Crippen LogP) is 1.60. The molecule has 0 radical (unpaired) electrons. The Morgan fingerprint density at radius 3 is 2.52 bits per heavy atom. The summed E-state index contributed by atoms with van der Waals surface area (Å²) in [4.78, 5) is 13.9. The first kappa shape index (κ1) is 17.5. The molecule has 0 saturated heterocycles. The highest BCUT2D eigenvalue weighted by Crippen LogP contribution is 2.23. The number of sulfonamides is 1. The van der Waals surface area contributed by atoms with E-state index in [0.29, 0.717) is 12.3 Å². The number of ether oxygens (including phenoxy) is 1. The molecule has 1 rings (SSSR count). The van der Waals surface area contributed by atoms with Crippen LogP contribution in [-0.2, 0) is 10.0 Å². The van der Waals surface area contributed by atoms with Crippen LogP contribution in [0.15, 0.2) is 23.1 Å². The standard InChI is InChI=1S/C14H22N2O4S/c1-4-5-6-9-16(2)14(17)12-10-11(21(15,18)19)7-8-13(12)20-3/h7-8,10H,4-6,9H2,1-3H3,(H2,15,18,19). The molecule has 2 N–H and O–H groups in total. The molecule has 0 bridgehead atoms. The Hall–Kier alpha value is -1.60. The molecule has 1 aromatic rings. The summed E-state index contributed by atoms with van der Waals surface area (Å²) in [6.07, 6.45) is 2.99. The van der Waals surface area contributed by atoms with Crippen LogP contribution in [0.4, 0.5) is 0 Å². The van der Waals surface area contributed by atoms with Crippen molar-refractivity contribution in [2.75, 3.05) is 20.7 Å². The van der Waals surface area contributed by atoms with E-state index in [0.717, 1.165) is 19.3 Å². The van der Waals surface area contributed by atoms with Crippen LogP contribution in [0.1, 0.15) is 36.5 Å². The average Bonchev–Trinajstić information content (AvgIpc) is 2.44. The third-order valence-electron chi connectivity index (χ3n) is 3.17. The van der Waals surface area contributed by atoms with Gasteiger partial charge >= 0.3 is 0 Å². The molecule has 0 fully saturated rings. The van der Waals surface area contributed by atoms with Crippen LogP contribution in [0.2, 0.25) is 0 Å². The van der Waals surface area contributed by atoms with Crippen LogP contribution < -0.4 is 9.88 Å². The van der Waals surface area contributed by atoms with E-state index in [-0.39, 0.29) is 16.4 Å². The van der Waals surface area contributed by atoms with Crippen LogP contribution >= 0.6 is 0 Å². The molecular formula is C14H22N2O4S. The van der Waals surface area contributed by atoms with Gasteiger partial charge in [-0.05, 0) is 24.6 Å². The molecule has 6 nitrogen and oxygen atoms in total. The molecule has 0 aromatic heterocycles. The van der Waals surface area contributed by atoms with E-state index in [2.05, 4.69) is 6.92 Å². The van der Waals surface area contributed by atoms with Crippen molar-refractivity contribution in [3.05, 3.63) is 23.8 Å². The first-order valence-electron chi connectivity index (χ1n) is 6.77. The topological polar surface area (TPSA) is 89.7 Å². The Morgan fingerprint density at radius 2 is 2.00 bits per heavy atom. The second-order valence-electron chi connectivity index (χ2n) is 4.84. The summed E-state index contributed by atoms with van der Waals surface area (Å²) in [5, 5.41) is 5.10. The van der Waals surface area contributed by atoms with E-state index in [4.69, 9.17) is 9.88 Å². The summed E-state index contributed by atoms with van der Waals surface area (Å²) in [6, 6.07) is 4.02. The lowest BCUT2D eigenvalue weighted by Crippen LogP contribution is -2.28. The van der Waals surface area contributed by atoms with Crippen molar-refractivity contribution in [2.24, 2.45) is 5.14 Å². The lowest BCUT2D eigenvalue weighted by molar-refractivity contribution is 0.0789. The fraction of sp³-hybridized carbons (Fsp3) is 0.500. The fourth-order valence-electron chi connectivity index (χ4n) is 1.94. The molecule has 0 unspecified atom stereocenters. The van der Waals surface area contributed by atoms with Gasteiger partial charge in [0.1, 0.15) is 5.75 Å². The molecule has 0 aliphatic heterocycles. The third kappa shape index (κ3) is 4.71. The van der Waals surface area contributed by atoms with Crippen molar-refractivity contribution < 1.29 is 17.9 Å². The van der Waals surface area contributed by atoms with Gasteiger partial charge in [-0.3, -0.25) is 4.79 Å². The number of hydrogen-bond donors (Lipinski definition) is 1. The highest BCUT2D eigenvalue weighted by molar-refractivity contribution is 7.89. The van der Waals surface area contributed by atoms with E-state index >= 15 is 0 Å². The van der Waals surface area contributed by atoms with Crippen LogP contribution in [0, 0.1) is 0 Å². The van der Waals surface area contributed by atoms with Gasteiger partial charge in [0.15, 0.2) is 0 Å². The number of amides is 1. The number of nitrogens with two attached hydrogens (primary N) is 1. The number of primary sulfonamides is 1. The summed E-state index contributed by atoms with van der Waals surface area (Å²) >= 11 is 0. The molecule has 0 aliphatic carbocycles. The molecule has 1 amide bonds. The maximum atomic E-state index is 12.4. The first-order valence-corrected chi connectivity index (χ1v) is 8.32. The van der Waals surface area contributed by atoms with E-state index in [1.54, 1.807) is 11.9 Å². The third-order valence-corrected chi connectivity index (χ3v) is 4.08. The van der Waals surface area contributed by atoms with Gasteiger partial charge in [-0.15, -0.1) is 0 Å². The second kappa shape index (κ2) is 7.42. The number of nitrogens with zero attached hydrogens (tertiary/aromatic N) is 1. The minimum absolute atomic E-state index is 0.103. The number of benzene rings is 1. The zero-order valence-corrected chi connectivity index (χ0v) is 13.4. The average molecular weight is 314 g/mol. The Morgan fingerprint density at radius 1 is 1.33 bits per heavy atom. The maximum absolute atomic E-state index is 12.4. The normalized spacial score (nSPS) is 11.2. The highest BCUT2D eigenvalue weighted by Gasteiger charge is 2.19. The highest BCUT2D eigenvalue weighted by atomic mass is 32.2. The van der Waals surface area contributed by atoms with Gasteiger partial charge in [0.25, 0.3) is 5.91 Å². The molecule has 118 valence electrons. The monoisotopic (exact) mass is 314 g/mol. The van der Waals surface area contributed by atoms with Crippen LogP contribution in [-0.4, -0.2) is 39.9 Å². The van der Waals surface area contributed by atoms with Gasteiger partial charge in [-0.1, -0.05) is 19.8 Å². The van der Waals surface area contributed by atoms with Crippen molar-refractivity contribution >= 4 is 15.9 Å². The molecule has 0 atom stereocenters. The smallest absolute Gasteiger partial charge is 0.257 e. The van der Waals surface area contributed by atoms with Gasteiger partial charge in [0, 0.05) is 13.6 Å². The van der Waals surface area contributed by atoms with Crippen LogP contribution in [0.25, 0.3) is 0 Å². The molecular weight excluding hydrogens is 292 g/mol. The molecule has 21 heavy (non-hydrogen) atoms. The fourth-order valence-corrected chi connectivity index (χ4v) is 2.48. The number of rotatable bonds is 7. The Balaban J connectivity index is 3.06. The zero-order chi connectivity index (χ0) is 16.0. The number of methoxy groups -OCH3 is 1. The molecule has 7 heteroatoms. The lowest BCUT2D eigenvalue weighted by Gasteiger charge is -2.19. The minimum atomic E-state index is -3.86. The van der Waals surface area contributed by atoms with Gasteiger partial charge in [0.05, 0.1) is 17.6 Å². The predicted molar refractivity (Wildman–Crippen MR) is 80.9 cm³/mol. The Bertz CT molecular complexity index is 599. The second-order valence-corrected chi connectivity index (χ2v) is 6.40. The minimum Gasteiger partial charge on any atom is -0.496 e. The van der Waals surface area contributed by atoms with Crippen molar-refractivity contribution in [3.8, 4) is 5.75 Å². The molecule has 0 aliphatic rings. The summed E-state index contributed by atoms with van der Waals surface area (Å²) in [5.41, 5.74) is 0.197. The van der Waals surface area contributed by atoms with E-state index < -0.39 is 10.0 Å². The van der Waals surface area contributed by atoms with Crippen molar-refractivity contribution in [3.63, 3.8) is 0 Å². The maximum Gasteiger partial charge on any atom is 0.257 e. The summed E-state index contributed by atoms with van der Waals surface area (Å²) in [6.45, 7) is 2.69. The molecule has 1 aromatic carbocycles.